The number of hydrogen-bond donors (Lipinski definition) is 0. The maximum atomic E-state index is 11.6. The van der Waals surface area contributed by atoms with E-state index < -0.39 is 45.0 Å². The normalized spacial score (nSPS) is 15.8. The molecule has 0 aliphatic carbocycles. The first-order chi connectivity index (χ1) is 11.8. The Morgan fingerprint density at radius 2 is 1.12 bits per heavy atom. The lowest BCUT2D eigenvalue weighted by atomic mass is 10.1. The summed E-state index contributed by atoms with van der Waals surface area (Å²) >= 11 is -3.30. The van der Waals surface area contributed by atoms with Gasteiger partial charge in [-0.15, -0.1) is 0 Å². The monoisotopic (exact) mass is 400 g/mol. The number of carbonyl (C=O) groups excluding carboxylic acids is 2. The van der Waals surface area contributed by atoms with Crippen molar-refractivity contribution < 1.29 is 35.8 Å². The van der Waals surface area contributed by atoms with Crippen LogP contribution in [0.5, 0.6) is 0 Å². The van der Waals surface area contributed by atoms with Crippen LogP contribution in [-0.2, 0) is 49.6 Å². The summed E-state index contributed by atoms with van der Waals surface area (Å²) in [6.45, 7) is 6.97. The predicted octanol–water partition coefficient (Wildman–Crippen LogP) is 2.12. The van der Waals surface area contributed by atoms with Crippen molar-refractivity contribution in [2.75, 3.05) is 13.2 Å². The molecule has 8 nitrogen and oxygen atoms in total. The van der Waals surface area contributed by atoms with Crippen LogP contribution >= 0.6 is 0 Å². The second kappa shape index (κ2) is 14.3. The van der Waals surface area contributed by atoms with Gasteiger partial charge in [-0.3, -0.25) is 18.0 Å². The quantitative estimate of drug-likeness (QED) is 0.322. The lowest BCUT2D eigenvalue weighted by Gasteiger charge is -2.12. The van der Waals surface area contributed by atoms with Gasteiger partial charge < -0.3 is 9.47 Å². The summed E-state index contributed by atoms with van der Waals surface area (Å²) in [5.41, 5.74) is -1.62. The highest BCUT2D eigenvalue weighted by Crippen LogP contribution is 2.09. The third-order valence-corrected chi connectivity index (χ3v) is 5.08. The Kier molecular flexibility index (Phi) is 13.9. The molecule has 25 heavy (non-hydrogen) atoms. The van der Waals surface area contributed by atoms with Gasteiger partial charge in [-0.1, -0.05) is 6.42 Å². The molecule has 0 aromatic carbocycles. The number of ether oxygens (including phenoxy) is 2. The van der Waals surface area contributed by atoms with Crippen molar-refractivity contribution in [2.45, 2.75) is 70.7 Å². The Morgan fingerprint density at radius 3 is 1.44 bits per heavy atom. The van der Waals surface area contributed by atoms with Crippen LogP contribution in [0.15, 0.2) is 0 Å². The Morgan fingerprint density at radius 1 is 0.760 bits per heavy atom. The molecule has 0 heterocycles. The van der Waals surface area contributed by atoms with Gasteiger partial charge in [0.15, 0.2) is 33.0 Å². The minimum absolute atomic E-state index is 0.174. The van der Waals surface area contributed by atoms with E-state index in [1.807, 2.05) is 0 Å². The van der Waals surface area contributed by atoms with E-state index in [9.17, 15) is 18.0 Å². The zero-order valence-electron chi connectivity index (χ0n) is 15.2. The first-order valence-corrected chi connectivity index (χ1v) is 10.6. The van der Waals surface area contributed by atoms with Crippen LogP contribution in [0.1, 0.15) is 59.8 Å². The Hall–Kier alpha value is -0.840. The van der Waals surface area contributed by atoms with Crippen molar-refractivity contribution >= 4 is 34.1 Å². The molecular formula is C15H28O8S2. The molecule has 0 aromatic heterocycles. The van der Waals surface area contributed by atoms with E-state index >= 15 is 0 Å². The van der Waals surface area contributed by atoms with E-state index in [1.165, 1.54) is 13.8 Å². The van der Waals surface area contributed by atoms with Crippen LogP contribution < -0.4 is 0 Å². The number of rotatable bonds is 14. The summed E-state index contributed by atoms with van der Waals surface area (Å²) < 4.78 is 42.6. The number of unbranched alkanes of at least 4 members (excludes halogenated alkanes) is 2. The van der Waals surface area contributed by atoms with Gasteiger partial charge in [0.2, 0.25) is 0 Å². The van der Waals surface area contributed by atoms with E-state index in [0.717, 1.165) is 0 Å². The van der Waals surface area contributed by atoms with Crippen LogP contribution in [0, 0.1) is 0 Å². The first kappa shape index (κ1) is 24.2. The van der Waals surface area contributed by atoms with Crippen molar-refractivity contribution in [1.82, 2.24) is 0 Å². The summed E-state index contributed by atoms with van der Waals surface area (Å²) in [6.07, 6.45) is 2.07. The van der Waals surface area contributed by atoms with Gasteiger partial charge in [-0.25, -0.2) is 8.42 Å². The van der Waals surface area contributed by atoms with Crippen molar-refractivity contribution in [3.63, 3.8) is 0 Å². The number of esters is 2. The average molecular weight is 401 g/mol. The van der Waals surface area contributed by atoms with Crippen LogP contribution in [0.25, 0.3) is 0 Å². The topological polar surface area (TPSA) is 105 Å². The molecule has 0 aliphatic rings. The van der Waals surface area contributed by atoms with E-state index in [0.29, 0.717) is 19.3 Å². The summed E-state index contributed by atoms with van der Waals surface area (Å²) in [6, 6.07) is 0. The SMILES string of the molecule is CCOS(=O)C(C)OC(=O)CCCCCC(=O)OC(C)S(=O)OCC. The lowest BCUT2D eigenvalue weighted by Crippen LogP contribution is -2.21. The second-order valence-corrected chi connectivity index (χ2v) is 7.85. The highest BCUT2D eigenvalue weighted by molar-refractivity contribution is 7.80. The van der Waals surface area contributed by atoms with E-state index in [4.69, 9.17) is 17.8 Å². The minimum atomic E-state index is -1.65. The molecule has 0 radical (unpaired) electrons. The number of carbonyl (C=O) groups is 2. The Balaban J connectivity index is 3.81. The van der Waals surface area contributed by atoms with Gasteiger partial charge >= 0.3 is 11.9 Å². The zero-order chi connectivity index (χ0) is 19.2. The summed E-state index contributed by atoms with van der Waals surface area (Å²) in [4.78, 5) is 23.2. The molecule has 10 heteroatoms. The molecule has 0 aromatic rings. The van der Waals surface area contributed by atoms with E-state index in [2.05, 4.69) is 0 Å². The lowest BCUT2D eigenvalue weighted by molar-refractivity contribution is -0.145. The molecule has 148 valence electrons. The fourth-order valence-corrected chi connectivity index (χ4v) is 2.93. The van der Waals surface area contributed by atoms with E-state index in [1.54, 1.807) is 13.8 Å². The van der Waals surface area contributed by atoms with Crippen LogP contribution in [-0.4, -0.2) is 44.4 Å². The standard InChI is InChI=1S/C15H28O8S2/c1-5-20-24(18)12(3)22-14(16)10-8-7-9-11-15(17)23-13(4)25(19)21-6-2/h12-13H,5-11H2,1-4H3. The maximum Gasteiger partial charge on any atom is 0.307 e. The van der Waals surface area contributed by atoms with E-state index in [-0.39, 0.29) is 26.1 Å². The average Bonchev–Trinajstić information content (AvgIpc) is 2.54. The van der Waals surface area contributed by atoms with Crippen LogP contribution in [0.2, 0.25) is 0 Å². The van der Waals surface area contributed by atoms with Gasteiger partial charge in [-0.05, 0) is 40.5 Å². The first-order valence-electron chi connectivity index (χ1n) is 8.28. The third-order valence-electron chi connectivity index (χ3n) is 2.87. The molecule has 0 N–H and O–H groups in total. The molecule has 0 rings (SSSR count). The third kappa shape index (κ3) is 12.2. The summed E-state index contributed by atoms with van der Waals surface area (Å²) in [7, 11) is 0. The molecule has 4 unspecified atom stereocenters. The molecule has 0 bridgehead atoms. The molecular weight excluding hydrogens is 372 g/mol. The molecule has 0 aliphatic heterocycles. The molecule has 4 atom stereocenters. The smallest absolute Gasteiger partial charge is 0.307 e. The van der Waals surface area contributed by atoms with Gasteiger partial charge in [0, 0.05) is 12.8 Å². The second-order valence-electron chi connectivity index (χ2n) is 5.01. The number of hydrogen-bond acceptors (Lipinski definition) is 8. The molecule has 0 saturated carbocycles. The van der Waals surface area contributed by atoms with Crippen molar-refractivity contribution in [3.8, 4) is 0 Å². The van der Waals surface area contributed by atoms with Crippen molar-refractivity contribution in [3.05, 3.63) is 0 Å². The van der Waals surface area contributed by atoms with Crippen LogP contribution in [0.3, 0.4) is 0 Å². The Labute approximate surface area is 154 Å². The highest BCUT2D eigenvalue weighted by Gasteiger charge is 2.17. The van der Waals surface area contributed by atoms with Gasteiger partial charge in [-0.2, -0.15) is 0 Å². The predicted molar refractivity (Wildman–Crippen MR) is 93.7 cm³/mol. The van der Waals surface area contributed by atoms with Crippen molar-refractivity contribution in [1.29, 1.82) is 0 Å². The summed E-state index contributed by atoms with van der Waals surface area (Å²) in [5.74, 6) is -0.910. The maximum absolute atomic E-state index is 11.6. The minimum Gasteiger partial charge on any atom is -0.446 e. The largest absolute Gasteiger partial charge is 0.446 e. The van der Waals surface area contributed by atoms with Gasteiger partial charge in [0.25, 0.3) is 0 Å². The summed E-state index contributed by atoms with van der Waals surface area (Å²) in [5, 5.41) is 0. The highest BCUT2D eigenvalue weighted by atomic mass is 32.2. The van der Waals surface area contributed by atoms with Crippen molar-refractivity contribution in [2.24, 2.45) is 0 Å². The fraction of sp³-hybridized carbons (Fsp3) is 0.867. The van der Waals surface area contributed by atoms with Gasteiger partial charge in [0.1, 0.15) is 0 Å². The van der Waals surface area contributed by atoms with Crippen LogP contribution in [0.4, 0.5) is 0 Å². The molecule has 0 fully saturated rings. The zero-order valence-corrected chi connectivity index (χ0v) is 16.8. The fourth-order valence-electron chi connectivity index (χ4n) is 1.71. The Bertz CT molecular complexity index is 415. The molecule has 0 saturated heterocycles. The molecule has 0 amide bonds. The molecule has 0 spiro atoms. The van der Waals surface area contributed by atoms with Gasteiger partial charge in [0.05, 0.1) is 13.2 Å².